The number of nitrogens with zero attached hydrogens (tertiary/aromatic N) is 1. The van der Waals surface area contributed by atoms with E-state index >= 15 is 0 Å². The molecule has 0 spiro atoms. The fraction of sp³-hybridized carbons (Fsp3) is 0.333. The molecule has 2 aromatic rings. The van der Waals surface area contributed by atoms with E-state index < -0.39 is 10.0 Å². The van der Waals surface area contributed by atoms with Crippen LogP contribution in [0.25, 0.3) is 0 Å². The molecule has 0 aliphatic heterocycles. The maximum absolute atomic E-state index is 12.5. The number of anilines is 1. The van der Waals surface area contributed by atoms with Crippen molar-refractivity contribution in [2.75, 3.05) is 11.0 Å². The average Bonchev–Trinajstić information content (AvgIpc) is 3.09. The highest BCUT2D eigenvalue weighted by Crippen LogP contribution is 2.25. The smallest absolute Gasteiger partial charge is 0.257 e. The summed E-state index contributed by atoms with van der Waals surface area (Å²) in [6.07, 6.45) is 6.90. The van der Waals surface area contributed by atoms with Crippen LogP contribution >= 0.6 is 0 Å². The summed E-state index contributed by atoms with van der Waals surface area (Å²) in [4.78, 5) is 16.7. The molecule has 1 saturated carbocycles. The first-order chi connectivity index (χ1) is 12.4. The molecule has 2 N–H and O–H groups in total. The Morgan fingerprint density at radius 2 is 1.85 bits per heavy atom. The number of benzene rings is 1. The minimum Gasteiger partial charge on any atom is -0.438 e. The quantitative estimate of drug-likeness (QED) is 0.809. The SMILES string of the molecule is CS(=O)(=O)Nc1ccc(Oc2ncccc2C(=O)NC2CCCC2)cc1. The second kappa shape index (κ2) is 7.74. The molecule has 1 aliphatic rings. The van der Waals surface area contributed by atoms with Crippen LogP contribution in [-0.4, -0.2) is 31.6 Å². The molecule has 1 heterocycles. The molecule has 8 heteroatoms. The van der Waals surface area contributed by atoms with E-state index in [2.05, 4.69) is 15.0 Å². The Morgan fingerprint density at radius 3 is 2.50 bits per heavy atom. The van der Waals surface area contributed by atoms with Gasteiger partial charge in [0.25, 0.3) is 5.91 Å². The van der Waals surface area contributed by atoms with Crippen molar-refractivity contribution in [1.29, 1.82) is 0 Å². The molecule has 26 heavy (non-hydrogen) atoms. The molecular formula is C18H21N3O4S. The number of amides is 1. The van der Waals surface area contributed by atoms with Crippen molar-refractivity contribution in [3.05, 3.63) is 48.2 Å². The maximum atomic E-state index is 12.5. The Bertz CT molecular complexity index is 876. The number of hydrogen-bond acceptors (Lipinski definition) is 5. The van der Waals surface area contributed by atoms with Crippen LogP contribution in [0.3, 0.4) is 0 Å². The first-order valence-electron chi connectivity index (χ1n) is 8.42. The van der Waals surface area contributed by atoms with Gasteiger partial charge in [-0.1, -0.05) is 12.8 Å². The van der Waals surface area contributed by atoms with Crippen molar-refractivity contribution < 1.29 is 17.9 Å². The van der Waals surface area contributed by atoms with Gasteiger partial charge in [0.2, 0.25) is 15.9 Å². The Kier molecular flexibility index (Phi) is 5.41. The van der Waals surface area contributed by atoms with Gasteiger partial charge < -0.3 is 10.1 Å². The fourth-order valence-corrected chi connectivity index (χ4v) is 3.46. The first kappa shape index (κ1) is 18.2. The summed E-state index contributed by atoms with van der Waals surface area (Å²) in [5.74, 6) is 0.472. The van der Waals surface area contributed by atoms with Gasteiger partial charge in [0.1, 0.15) is 11.3 Å². The first-order valence-corrected chi connectivity index (χ1v) is 10.3. The maximum Gasteiger partial charge on any atom is 0.257 e. The molecule has 1 fully saturated rings. The summed E-state index contributed by atoms with van der Waals surface area (Å²) in [6.45, 7) is 0. The van der Waals surface area contributed by atoms with Gasteiger partial charge in [-0.2, -0.15) is 0 Å². The van der Waals surface area contributed by atoms with E-state index in [1.54, 1.807) is 42.6 Å². The normalized spacial score (nSPS) is 14.8. The number of nitrogens with one attached hydrogen (secondary N) is 2. The zero-order valence-electron chi connectivity index (χ0n) is 14.4. The molecule has 1 aliphatic carbocycles. The van der Waals surface area contributed by atoms with Crippen molar-refractivity contribution in [1.82, 2.24) is 10.3 Å². The van der Waals surface area contributed by atoms with Gasteiger partial charge >= 0.3 is 0 Å². The van der Waals surface area contributed by atoms with E-state index in [1.807, 2.05) is 0 Å². The molecule has 0 atom stereocenters. The van der Waals surface area contributed by atoms with Gasteiger partial charge in [0.15, 0.2) is 0 Å². The third-order valence-electron chi connectivity index (χ3n) is 4.08. The molecule has 3 rings (SSSR count). The van der Waals surface area contributed by atoms with Crippen LogP contribution in [0.15, 0.2) is 42.6 Å². The molecule has 138 valence electrons. The van der Waals surface area contributed by atoms with Crippen LogP contribution in [0, 0.1) is 0 Å². The topological polar surface area (TPSA) is 97.4 Å². The van der Waals surface area contributed by atoms with E-state index in [1.165, 1.54) is 0 Å². The molecule has 0 saturated heterocycles. The van der Waals surface area contributed by atoms with Gasteiger partial charge in [-0.15, -0.1) is 0 Å². The lowest BCUT2D eigenvalue weighted by atomic mass is 10.2. The summed E-state index contributed by atoms with van der Waals surface area (Å²) < 4.78 is 30.6. The van der Waals surface area contributed by atoms with Gasteiger partial charge in [0, 0.05) is 17.9 Å². The van der Waals surface area contributed by atoms with E-state index in [9.17, 15) is 13.2 Å². The lowest BCUT2D eigenvalue weighted by Crippen LogP contribution is -2.32. The predicted octanol–water partition coefficient (Wildman–Crippen LogP) is 2.92. The second-order valence-corrected chi connectivity index (χ2v) is 8.06. The largest absolute Gasteiger partial charge is 0.438 e. The molecule has 0 unspecified atom stereocenters. The molecule has 1 aromatic carbocycles. The lowest BCUT2D eigenvalue weighted by molar-refractivity contribution is 0.0935. The molecule has 0 bridgehead atoms. The van der Waals surface area contributed by atoms with Crippen molar-refractivity contribution >= 4 is 21.6 Å². The van der Waals surface area contributed by atoms with Gasteiger partial charge in [-0.3, -0.25) is 9.52 Å². The highest BCUT2D eigenvalue weighted by molar-refractivity contribution is 7.92. The van der Waals surface area contributed by atoms with E-state index in [0.717, 1.165) is 31.9 Å². The van der Waals surface area contributed by atoms with Crippen LogP contribution < -0.4 is 14.8 Å². The van der Waals surface area contributed by atoms with Gasteiger partial charge in [0.05, 0.1) is 6.26 Å². The summed E-state index contributed by atoms with van der Waals surface area (Å²) in [5.41, 5.74) is 0.804. The monoisotopic (exact) mass is 375 g/mol. The van der Waals surface area contributed by atoms with Crippen LogP contribution in [0.4, 0.5) is 5.69 Å². The Hall–Kier alpha value is -2.61. The third-order valence-corrected chi connectivity index (χ3v) is 4.68. The number of pyridine rings is 1. The Balaban J connectivity index is 1.72. The lowest BCUT2D eigenvalue weighted by Gasteiger charge is -2.14. The number of carbonyl (C=O) groups is 1. The minimum absolute atomic E-state index is 0.199. The summed E-state index contributed by atoms with van der Waals surface area (Å²) >= 11 is 0. The van der Waals surface area contributed by atoms with Gasteiger partial charge in [-0.25, -0.2) is 13.4 Å². The highest BCUT2D eigenvalue weighted by atomic mass is 32.2. The van der Waals surface area contributed by atoms with E-state index in [-0.39, 0.29) is 17.8 Å². The molecule has 1 aromatic heterocycles. The number of hydrogen-bond donors (Lipinski definition) is 2. The van der Waals surface area contributed by atoms with Crippen LogP contribution in [0.5, 0.6) is 11.6 Å². The van der Waals surface area contributed by atoms with Crippen molar-refractivity contribution in [2.45, 2.75) is 31.7 Å². The van der Waals surface area contributed by atoms with Crippen LogP contribution in [0.2, 0.25) is 0 Å². The minimum atomic E-state index is -3.33. The summed E-state index contributed by atoms with van der Waals surface area (Å²) in [6, 6.07) is 9.95. The fourth-order valence-electron chi connectivity index (χ4n) is 2.89. The summed E-state index contributed by atoms with van der Waals surface area (Å²) in [7, 11) is -3.33. The van der Waals surface area contributed by atoms with Crippen LogP contribution in [0.1, 0.15) is 36.0 Å². The summed E-state index contributed by atoms with van der Waals surface area (Å²) in [5, 5.41) is 3.02. The van der Waals surface area contributed by atoms with Gasteiger partial charge in [-0.05, 0) is 49.2 Å². The zero-order valence-corrected chi connectivity index (χ0v) is 15.3. The standard InChI is InChI=1S/C18H21N3O4S/c1-26(23,24)21-14-8-10-15(11-9-14)25-18-16(7-4-12-19-18)17(22)20-13-5-2-3-6-13/h4,7-13,21H,2-3,5-6H2,1H3,(H,20,22). The van der Waals surface area contributed by atoms with Crippen molar-refractivity contribution in [2.24, 2.45) is 0 Å². The van der Waals surface area contributed by atoms with Crippen molar-refractivity contribution in [3.63, 3.8) is 0 Å². The number of ether oxygens (including phenoxy) is 1. The van der Waals surface area contributed by atoms with Crippen LogP contribution in [-0.2, 0) is 10.0 Å². The number of aromatic nitrogens is 1. The van der Waals surface area contributed by atoms with Crippen molar-refractivity contribution in [3.8, 4) is 11.6 Å². The molecule has 7 nitrogen and oxygen atoms in total. The molecular weight excluding hydrogens is 354 g/mol. The Labute approximate surface area is 152 Å². The highest BCUT2D eigenvalue weighted by Gasteiger charge is 2.21. The van der Waals surface area contributed by atoms with E-state index in [0.29, 0.717) is 17.0 Å². The molecule has 0 radical (unpaired) electrons. The molecule has 1 amide bonds. The average molecular weight is 375 g/mol. The zero-order chi connectivity index (χ0) is 18.6. The number of rotatable bonds is 6. The third kappa shape index (κ3) is 4.95. The number of sulfonamides is 1. The van der Waals surface area contributed by atoms with E-state index in [4.69, 9.17) is 4.74 Å². The predicted molar refractivity (Wildman–Crippen MR) is 98.9 cm³/mol. The number of carbonyl (C=O) groups excluding carboxylic acids is 1. The Morgan fingerprint density at radius 1 is 1.15 bits per heavy atom. The second-order valence-electron chi connectivity index (χ2n) is 6.31.